The van der Waals surface area contributed by atoms with Crippen LogP contribution in [0.4, 0.5) is 0 Å². The van der Waals surface area contributed by atoms with Crippen molar-refractivity contribution in [2.75, 3.05) is 52.9 Å². The Hall–Kier alpha value is -1.50. The first-order valence-corrected chi connectivity index (χ1v) is 10.2. The van der Waals surface area contributed by atoms with Gasteiger partial charge in [-0.1, -0.05) is 12.1 Å². The Morgan fingerprint density at radius 2 is 1.96 bits per heavy atom. The molecule has 6 nitrogen and oxygen atoms in total. The maximum Gasteiger partial charge on any atom is 0.236 e. The van der Waals surface area contributed by atoms with Crippen LogP contribution in [0.1, 0.15) is 26.2 Å². The van der Waals surface area contributed by atoms with Gasteiger partial charge in [-0.2, -0.15) is 0 Å². The maximum atomic E-state index is 12.8. The number of hydrogen-bond acceptors (Lipinski definition) is 5. The van der Waals surface area contributed by atoms with E-state index in [4.69, 9.17) is 9.47 Å². The molecule has 1 amide bonds. The molecule has 1 aromatic rings. The highest BCUT2D eigenvalue weighted by Gasteiger charge is 2.26. The molecule has 7 heteroatoms. The van der Waals surface area contributed by atoms with Crippen molar-refractivity contribution in [3.63, 3.8) is 0 Å². The molecule has 3 rings (SSSR count). The summed E-state index contributed by atoms with van der Waals surface area (Å²) in [6.07, 6.45) is 3.51. The summed E-state index contributed by atoms with van der Waals surface area (Å²) in [4.78, 5) is 17.0. The molecule has 0 saturated carbocycles. The number of ether oxygens (including phenoxy) is 2. The first-order chi connectivity index (χ1) is 13.2. The topological polar surface area (TPSA) is 54.0 Å². The summed E-state index contributed by atoms with van der Waals surface area (Å²) in [6, 6.07) is 7.70. The van der Waals surface area contributed by atoms with Gasteiger partial charge in [-0.3, -0.25) is 9.69 Å². The fourth-order valence-electron chi connectivity index (χ4n) is 3.88. The van der Waals surface area contributed by atoms with Crippen LogP contribution in [0.15, 0.2) is 24.3 Å². The third kappa shape index (κ3) is 6.26. The molecule has 1 fully saturated rings. The maximum absolute atomic E-state index is 12.8. The van der Waals surface area contributed by atoms with E-state index in [2.05, 4.69) is 10.2 Å². The highest BCUT2D eigenvalue weighted by Crippen LogP contribution is 2.31. The lowest BCUT2D eigenvalue weighted by Gasteiger charge is -2.34. The molecule has 2 aliphatic heterocycles. The summed E-state index contributed by atoms with van der Waals surface area (Å²) < 4.78 is 11.8. The monoisotopic (exact) mass is 411 g/mol. The number of carbonyl (C=O) groups excluding carboxylic acids is 1. The van der Waals surface area contributed by atoms with Gasteiger partial charge >= 0.3 is 0 Å². The Morgan fingerprint density at radius 3 is 2.64 bits per heavy atom. The SMILES string of the molecule is CCN(CC1COc2ccccc2O1)C(=O)CN1CCC(CCNC)CC1.Cl. The van der Waals surface area contributed by atoms with Crippen LogP contribution in [0.3, 0.4) is 0 Å². The largest absolute Gasteiger partial charge is 0.486 e. The first kappa shape index (κ1) is 22.8. The summed E-state index contributed by atoms with van der Waals surface area (Å²) in [7, 11) is 2.01. The number of likely N-dealkylation sites (N-methyl/N-ethyl adjacent to an activating group) is 1. The third-order valence-electron chi connectivity index (χ3n) is 5.59. The number of fused-ring (bicyclic) bond motifs is 1. The molecule has 158 valence electrons. The highest BCUT2D eigenvalue weighted by atomic mass is 35.5. The Labute approximate surface area is 175 Å². The van der Waals surface area contributed by atoms with Crippen molar-refractivity contribution in [3.05, 3.63) is 24.3 Å². The number of piperidine rings is 1. The molecule has 1 atom stereocenters. The summed E-state index contributed by atoms with van der Waals surface area (Å²) in [5.41, 5.74) is 0. The van der Waals surface area contributed by atoms with Crippen molar-refractivity contribution in [3.8, 4) is 11.5 Å². The Bertz CT molecular complexity index is 608. The Balaban J connectivity index is 0.00000280. The lowest BCUT2D eigenvalue weighted by Crippen LogP contribution is -2.48. The van der Waals surface area contributed by atoms with Crippen molar-refractivity contribution in [1.29, 1.82) is 0 Å². The van der Waals surface area contributed by atoms with Crippen molar-refractivity contribution >= 4 is 18.3 Å². The zero-order chi connectivity index (χ0) is 19.1. The number of carbonyl (C=O) groups is 1. The van der Waals surface area contributed by atoms with E-state index in [0.717, 1.165) is 37.1 Å². The molecule has 2 aliphatic rings. The molecule has 0 radical (unpaired) electrons. The van der Waals surface area contributed by atoms with E-state index >= 15 is 0 Å². The quantitative estimate of drug-likeness (QED) is 0.712. The number of halogens is 1. The number of nitrogens with zero attached hydrogens (tertiary/aromatic N) is 2. The Morgan fingerprint density at radius 1 is 1.25 bits per heavy atom. The third-order valence-corrected chi connectivity index (χ3v) is 5.59. The van der Waals surface area contributed by atoms with Gasteiger partial charge in [-0.25, -0.2) is 0 Å². The minimum atomic E-state index is -0.115. The molecular formula is C21H34ClN3O3. The number of amides is 1. The van der Waals surface area contributed by atoms with E-state index in [-0.39, 0.29) is 24.4 Å². The highest BCUT2D eigenvalue weighted by molar-refractivity contribution is 5.85. The second-order valence-electron chi connectivity index (χ2n) is 7.54. The predicted octanol–water partition coefficient (Wildman–Crippen LogP) is 2.42. The number of hydrogen-bond donors (Lipinski definition) is 1. The fraction of sp³-hybridized carbons (Fsp3) is 0.667. The summed E-state index contributed by atoms with van der Waals surface area (Å²) >= 11 is 0. The summed E-state index contributed by atoms with van der Waals surface area (Å²) in [5, 5.41) is 3.23. The summed E-state index contributed by atoms with van der Waals surface area (Å²) in [6.45, 7) is 7.41. The van der Waals surface area contributed by atoms with Gasteiger partial charge in [0.1, 0.15) is 6.61 Å². The van der Waals surface area contributed by atoms with Crippen LogP contribution in [-0.2, 0) is 4.79 Å². The molecule has 1 aromatic carbocycles. The molecule has 1 unspecified atom stereocenters. The van der Waals surface area contributed by atoms with Crippen LogP contribution in [0.2, 0.25) is 0 Å². The lowest BCUT2D eigenvalue weighted by molar-refractivity contribution is -0.134. The van der Waals surface area contributed by atoms with Gasteiger partial charge in [0.05, 0.1) is 13.1 Å². The Kier molecular flexibility index (Phi) is 9.35. The normalized spacial score (nSPS) is 19.7. The molecule has 1 saturated heterocycles. The van der Waals surface area contributed by atoms with Gasteiger partial charge in [0.2, 0.25) is 5.91 Å². The van der Waals surface area contributed by atoms with E-state index in [9.17, 15) is 4.79 Å². The van der Waals surface area contributed by atoms with Crippen LogP contribution in [0.5, 0.6) is 11.5 Å². The number of para-hydroxylation sites is 2. The van der Waals surface area contributed by atoms with Gasteiger partial charge in [0, 0.05) is 6.54 Å². The van der Waals surface area contributed by atoms with Gasteiger partial charge in [-0.15, -0.1) is 12.4 Å². The average molecular weight is 412 g/mol. The second-order valence-corrected chi connectivity index (χ2v) is 7.54. The minimum Gasteiger partial charge on any atom is -0.486 e. The molecule has 28 heavy (non-hydrogen) atoms. The standard InChI is InChI=1S/C21H33N3O3.ClH/c1-3-24(14-18-16-26-19-6-4-5-7-20(19)27-18)21(25)15-23-12-9-17(10-13-23)8-11-22-2;/h4-7,17-18,22H,3,8-16H2,1-2H3;1H. The second kappa shape index (κ2) is 11.5. The molecule has 0 spiro atoms. The van der Waals surface area contributed by atoms with Crippen LogP contribution in [-0.4, -0.2) is 74.7 Å². The molecular weight excluding hydrogens is 378 g/mol. The van der Waals surface area contributed by atoms with Crippen LogP contribution >= 0.6 is 12.4 Å². The van der Waals surface area contributed by atoms with E-state index in [1.165, 1.54) is 19.3 Å². The van der Waals surface area contributed by atoms with Crippen molar-refractivity contribution in [1.82, 2.24) is 15.1 Å². The van der Waals surface area contributed by atoms with Gasteiger partial charge < -0.3 is 19.7 Å². The van der Waals surface area contributed by atoms with Crippen molar-refractivity contribution < 1.29 is 14.3 Å². The van der Waals surface area contributed by atoms with Gasteiger partial charge in [0.15, 0.2) is 17.6 Å². The zero-order valence-corrected chi connectivity index (χ0v) is 17.9. The van der Waals surface area contributed by atoms with E-state index < -0.39 is 0 Å². The van der Waals surface area contributed by atoms with Gasteiger partial charge in [0.25, 0.3) is 0 Å². The lowest BCUT2D eigenvalue weighted by atomic mass is 9.93. The van der Waals surface area contributed by atoms with E-state index in [1.54, 1.807) is 0 Å². The number of nitrogens with one attached hydrogen (secondary N) is 1. The number of rotatable bonds is 8. The minimum absolute atomic E-state index is 0. The molecule has 0 bridgehead atoms. The van der Waals surface area contributed by atoms with Crippen molar-refractivity contribution in [2.24, 2.45) is 5.92 Å². The molecule has 0 aromatic heterocycles. The molecule has 2 heterocycles. The van der Waals surface area contributed by atoms with Crippen molar-refractivity contribution in [2.45, 2.75) is 32.3 Å². The average Bonchev–Trinajstić information content (AvgIpc) is 2.71. The number of benzene rings is 1. The smallest absolute Gasteiger partial charge is 0.236 e. The summed E-state index contributed by atoms with van der Waals surface area (Å²) in [5.74, 6) is 2.53. The van der Waals surface area contributed by atoms with Crippen LogP contribution < -0.4 is 14.8 Å². The molecule has 0 aliphatic carbocycles. The predicted molar refractivity (Wildman–Crippen MR) is 114 cm³/mol. The fourth-order valence-corrected chi connectivity index (χ4v) is 3.88. The molecule has 1 N–H and O–H groups in total. The number of likely N-dealkylation sites (tertiary alicyclic amines) is 1. The van der Waals surface area contributed by atoms with Crippen LogP contribution in [0, 0.1) is 5.92 Å². The first-order valence-electron chi connectivity index (χ1n) is 10.2. The van der Waals surface area contributed by atoms with Gasteiger partial charge in [-0.05, 0) is 70.9 Å². The van der Waals surface area contributed by atoms with E-state index in [0.29, 0.717) is 26.2 Å². The zero-order valence-electron chi connectivity index (χ0n) is 17.1. The van der Waals surface area contributed by atoms with Crippen LogP contribution in [0.25, 0.3) is 0 Å². The van der Waals surface area contributed by atoms with E-state index in [1.807, 2.05) is 43.1 Å².